The molecule has 3 amide bonds. The number of carbonyl (C=O) groups is 4. The monoisotopic (exact) mass is 737 g/mol. The molecule has 3 aliphatic carbocycles. The molecule has 8 atom stereocenters. The number of nitrogens with zero attached hydrogens (tertiary/aromatic N) is 1. The molecule has 0 aromatic heterocycles. The molecule has 13 nitrogen and oxygen atoms in total. The lowest BCUT2D eigenvalue weighted by atomic mass is 9.90. The number of amides is 3. The lowest BCUT2D eigenvalue weighted by molar-refractivity contribution is -0.148. The number of ether oxygens (including phenoxy) is 3. The van der Waals surface area contributed by atoms with Crippen molar-refractivity contribution in [2.75, 3.05) is 26.9 Å². The Labute approximate surface area is 282 Å². The summed E-state index contributed by atoms with van der Waals surface area (Å²) in [6.45, 7) is 4.28. The van der Waals surface area contributed by atoms with Crippen molar-refractivity contribution in [3.63, 3.8) is 0 Å². The lowest BCUT2D eigenvalue weighted by Crippen LogP contribution is -2.58. The molecule has 15 heteroatoms. The molecule has 2 heterocycles. The van der Waals surface area contributed by atoms with Crippen LogP contribution >= 0.6 is 15.9 Å². The van der Waals surface area contributed by atoms with Crippen LogP contribution in [0.3, 0.4) is 0 Å². The molecule has 1 aromatic carbocycles. The zero-order valence-electron chi connectivity index (χ0n) is 26.1. The van der Waals surface area contributed by atoms with Gasteiger partial charge in [0.15, 0.2) is 0 Å². The molecule has 5 fully saturated rings. The fourth-order valence-electron chi connectivity index (χ4n) is 7.36. The van der Waals surface area contributed by atoms with Crippen LogP contribution in [0.25, 0.3) is 0 Å². The molecule has 6 rings (SSSR count). The molecule has 1 aromatic rings. The van der Waals surface area contributed by atoms with E-state index in [-0.39, 0.29) is 42.2 Å². The van der Waals surface area contributed by atoms with Gasteiger partial charge in [-0.3, -0.25) is 13.8 Å². The van der Waals surface area contributed by atoms with E-state index in [1.54, 1.807) is 18.2 Å². The Balaban J connectivity index is 1.24. The van der Waals surface area contributed by atoms with Gasteiger partial charge in [-0.05, 0) is 80.5 Å². The van der Waals surface area contributed by atoms with Crippen molar-refractivity contribution < 1.29 is 46.0 Å². The Morgan fingerprint density at radius 1 is 1.06 bits per heavy atom. The standard InChI is InChI=1S/C32H40BrN3O10S/c1-3-21-16-32(21,30(39)43-2)35-28(37)26-15-24(46-47(41,42)25-6-4-22(33)5-7-25)17-36(26)29(38)27(18-8-10-44-11-9-18)34-31(40)45-23-13-19-12-20(19)14-23/h3-7,18-21,23-24,26-27H,1,8-17H2,2H3,(H,34,40)(H,35,37)/t19-,20+,21-,23+,24+,26+,27?,32-/m1/s1. The number of nitrogens with one attached hydrogen (secondary N) is 2. The second kappa shape index (κ2) is 13.5. The zero-order valence-corrected chi connectivity index (χ0v) is 28.5. The van der Waals surface area contributed by atoms with E-state index in [2.05, 4.69) is 33.1 Å². The number of methoxy groups -OCH3 is 1. The van der Waals surface area contributed by atoms with Crippen LogP contribution in [-0.4, -0.2) is 93.9 Å². The highest BCUT2D eigenvalue weighted by atomic mass is 79.9. The molecule has 1 unspecified atom stereocenters. The van der Waals surface area contributed by atoms with E-state index in [9.17, 15) is 27.6 Å². The van der Waals surface area contributed by atoms with Gasteiger partial charge < -0.3 is 29.7 Å². The van der Waals surface area contributed by atoms with Crippen molar-refractivity contribution in [3.05, 3.63) is 41.4 Å². The number of alkyl carbamates (subject to hydrolysis) is 1. The summed E-state index contributed by atoms with van der Waals surface area (Å²) in [6, 6.07) is 3.63. The molecule has 0 bridgehead atoms. The Bertz CT molecular complexity index is 1510. The van der Waals surface area contributed by atoms with Gasteiger partial charge in [0.1, 0.15) is 23.7 Å². The van der Waals surface area contributed by atoms with Crippen LogP contribution in [0.15, 0.2) is 46.3 Å². The summed E-state index contributed by atoms with van der Waals surface area (Å²) in [5.74, 6) is -1.39. The first-order valence-corrected chi connectivity index (χ1v) is 18.2. The van der Waals surface area contributed by atoms with Gasteiger partial charge >= 0.3 is 12.1 Å². The number of likely N-dealkylation sites (tertiary alicyclic amines) is 1. The summed E-state index contributed by atoms with van der Waals surface area (Å²) in [7, 11) is -3.05. The van der Waals surface area contributed by atoms with E-state index < -0.39 is 57.7 Å². The van der Waals surface area contributed by atoms with Crippen molar-refractivity contribution >= 4 is 49.9 Å². The summed E-state index contributed by atoms with van der Waals surface area (Å²) in [4.78, 5) is 55.3. The first-order chi connectivity index (χ1) is 22.4. The molecule has 256 valence electrons. The maximum absolute atomic E-state index is 14.4. The number of benzene rings is 1. The minimum absolute atomic E-state index is 0.0861. The predicted octanol–water partition coefficient (Wildman–Crippen LogP) is 2.68. The van der Waals surface area contributed by atoms with Gasteiger partial charge in [0.2, 0.25) is 11.8 Å². The average Bonchev–Trinajstić information content (AvgIpc) is 3.87. The van der Waals surface area contributed by atoms with Crippen LogP contribution in [0.4, 0.5) is 4.79 Å². The van der Waals surface area contributed by atoms with Crippen molar-refractivity contribution in [1.29, 1.82) is 0 Å². The van der Waals surface area contributed by atoms with Gasteiger partial charge in [-0.15, -0.1) is 6.58 Å². The Hall–Kier alpha value is -3.01. The van der Waals surface area contributed by atoms with E-state index in [1.807, 2.05) is 0 Å². The average molecular weight is 739 g/mol. The number of hydrogen-bond donors (Lipinski definition) is 2. The summed E-state index contributed by atoms with van der Waals surface area (Å²) >= 11 is 3.28. The van der Waals surface area contributed by atoms with Gasteiger partial charge in [-0.2, -0.15) is 8.42 Å². The van der Waals surface area contributed by atoms with Crippen LogP contribution in [0, 0.1) is 23.7 Å². The fraction of sp³-hybridized carbons (Fsp3) is 0.625. The van der Waals surface area contributed by atoms with Crippen LogP contribution in [0.1, 0.15) is 44.9 Å². The maximum atomic E-state index is 14.4. The smallest absolute Gasteiger partial charge is 0.408 e. The highest BCUT2D eigenvalue weighted by molar-refractivity contribution is 9.10. The van der Waals surface area contributed by atoms with Gasteiger partial charge in [-0.25, -0.2) is 9.59 Å². The highest BCUT2D eigenvalue weighted by Crippen LogP contribution is 2.52. The molecule has 3 saturated carbocycles. The second-order valence-electron chi connectivity index (χ2n) is 13.2. The van der Waals surface area contributed by atoms with Crippen molar-refractivity contribution in [1.82, 2.24) is 15.5 Å². The number of carbonyl (C=O) groups excluding carboxylic acids is 4. The van der Waals surface area contributed by atoms with E-state index in [1.165, 1.54) is 24.1 Å². The van der Waals surface area contributed by atoms with E-state index >= 15 is 0 Å². The molecule has 2 saturated heterocycles. The Morgan fingerprint density at radius 2 is 1.74 bits per heavy atom. The Kier molecular flexibility index (Phi) is 9.71. The number of halogens is 1. The van der Waals surface area contributed by atoms with Gasteiger partial charge in [0.05, 0.1) is 18.1 Å². The highest BCUT2D eigenvalue weighted by Gasteiger charge is 2.62. The second-order valence-corrected chi connectivity index (χ2v) is 15.7. The largest absolute Gasteiger partial charge is 0.467 e. The third-order valence-corrected chi connectivity index (χ3v) is 12.1. The summed E-state index contributed by atoms with van der Waals surface area (Å²) in [6.07, 6.45) is 3.41. The quantitative estimate of drug-likeness (QED) is 0.196. The minimum Gasteiger partial charge on any atom is -0.467 e. The summed E-state index contributed by atoms with van der Waals surface area (Å²) in [5.41, 5.74) is -1.34. The first kappa shape index (κ1) is 33.9. The van der Waals surface area contributed by atoms with E-state index in [4.69, 9.17) is 18.4 Å². The van der Waals surface area contributed by atoms with Crippen LogP contribution in [0.5, 0.6) is 0 Å². The lowest BCUT2D eigenvalue weighted by Gasteiger charge is -2.34. The van der Waals surface area contributed by atoms with Gasteiger partial charge in [0, 0.05) is 36.6 Å². The van der Waals surface area contributed by atoms with Crippen LogP contribution < -0.4 is 10.6 Å². The van der Waals surface area contributed by atoms with Crippen LogP contribution in [-0.2, 0) is 42.9 Å². The topological polar surface area (TPSA) is 167 Å². The number of rotatable bonds is 11. The molecule has 5 aliphatic rings. The fourth-order valence-corrected chi connectivity index (χ4v) is 8.70. The normalized spacial score (nSPS) is 32.1. The van der Waals surface area contributed by atoms with E-state index in [0.717, 1.165) is 19.3 Å². The van der Waals surface area contributed by atoms with Crippen molar-refractivity contribution in [2.45, 2.75) is 79.7 Å². The first-order valence-electron chi connectivity index (χ1n) is 16.0. The number of esters is 1. The maximum Gasteiger partial charge on any atom is 0.408 e. The predicted molar refractivity (Wildman–Crippen MR) is 169 cm³/mol. The SMILES string of the molecule is C=C[C@@H]1C[C@]1(NC(=O)[C@@H]1C[C@H](OS(=O)(=O)c2ccc(Br)cc2)CN1C(=O)C(NC(=O)O[C@@H]1C[C@@H]2C[C@@H]2C1)C1CCOCC1)C(=O)OC. The number of hydrogen-bond acceptors (Lipinski definition) is 10. The molecule has 0 spiro atoms. The molecule has 2 aliphatic heterocycles. The van der Waals surface area contributed by atoms with Crippen LogP contribution in [0.2, 0.25) is 0 Å². The third-order valence-electron chi connectivity index (χ3n) is 10.2. The van der Waals surface area contributed by atoms with Gasteiger partial charge in [0.25, 0.3) is 10.1 Å². The molecular weight excluding hydrogens is 698 g/mol. The number of fused-ring (bicyclic) bond motifs is 1. The summed E-state index contributed by atoms with van der Waals surface area (Å²) < 4.78 is 48.9. The summed E-state index contributed by atoms with van der Waals surface area (Å²) in [5, 5.41) is 5.55. The molecule has 47 heavy (non-hydrogen) atoms. The van der Waals surface area contributed by atoms with Crippen molar-refractivity contribution in [3.8, 4) is 0 Å². The van der Waals surface area contributed by atoms with E-state index in [0.29, 0.717) is 42.4 Å². The molecule has 2 N–H and O–H groups in total. The third kappa shape index (κ3) is 7.22. The van der Waals surface area contributed by atoms with Crippen molar-refractivity contribution in [2.24, 2.45) is 23.7 Å². The Morgan fingerprint density at radius 3 is 2.36 bits per heavy atom. The molecule has 0 radical (unpaired) electrons. The minimum atomic E-state index is -4.27. The van der Waals surface area contributed by atoms with Gasteiger partial charge in [-0.1, -0.05) is 22.0 Å². The molecular formula is C32H40BrN3O10S. The zero-order chi connectivity index (χ0) is 33.5.